The van der Waals surface area contributed by atoms with Gasteiger partial charge in [0.1, 0.15) is 5.69 Å². The molecular formula is C19H34F3N7. The van der Waals surface area contributed by atoms with Crippen molar-refractivity contribution in [3.8, 4) is 0 Å². The Hall–Kier alpha value is -2.10. The van der Waals surface area contributed by atoms with E-state index in [2.05, 4.69) is 56.6 Å². The molecule has 166 valence electrons. The summed E-state index contributed by atoms with van der Waals surface area (Å²) in [5.74, 6) is 0.632. The van der Waals surface area contributed by atoms with Gasteiger partial charge in [-0.2, -0.15) is 13.2 Å². The summed E-state index contributed by atoms with van der Waals surface area (Å²) in [6.07, 6.45) is -1.27. The summed E-state index contributed by atoms with van der Waals surface area (Å²) in [5, 5.41) is 9.33. The lowest BCUT2D eigenvalue weighted by Gasteiger charge is -2.21. The summed E-state index contributed by atoms with van der Waals surface area (Å²) in [6, 6.07) is 1.11. The van der Waals surface area contributed by atoms with E-state index in [4.69, 9.17) is 0 Å². The highest BCUT2D eigenvalue weighted by atomic mass is 19.4. The molecular weight excluding hydrogens is 383 g/mol. The van der Waals surface area contributed by atoms with Gasteiger partial charge in [-0.1, -0.05) is 13.8 Å². The lowest BCUT2D eigenvalue weighted by atomic mass is 10.2. The Morgan fingerprint density at radius 1 is 1.24 bits per heavy atom. The van der Waals surface area contributed by atoms with Gasteiger partial charge in [-0.25, -0.2) is 9.97 Å². The highest BCUT2D eigenvalue weighted by Crippen LogP contribution is 2.27. The summed E-state index contributed by atoms with van der Waals surface area (Å²) in [7, 11) is 0. The standard InChI is InChI=1S/C19H34F3N7/c1-5-23-17(27-15(4)9-8-14-29(6-2)7-3)25-12-13-26-18-24-11-10-16(28-18)19(20,21)22/h10-11,15H,5-9,12-14H2,1-4H3,(H2,23,25,27)(H,24,26,28). The van der Waals surface area contributed by atoms with Gasteiger partial charge in [0.15, 0.2) is 5.96 Å². The van der Waals surface area contributed by atoms with Gasteiger partial charge in [0.25, 0.3) is 0 Å². The minimum atomic E-state index is -4.49. The van der Waals surface area contributed by atoms with Crippen molar-refractivity contribution in [1.82, 2.24) is 25.5 Å². The topological polar surface area (TPSA) is 77.5 Å². The second-order valence-electron chi connectivity index (χ2n) is 6.67. The number of halogens is 3. The van der Waals surface area contributed by atoms with Crippen LogP contribution < -0.4 is 16.0 Å². The van der Waals surface area contributed by atoms with Crippen LogP contribution in [-0.2, 0) is 6.18 Å². The zero-order valence-corrected chi connectivity index (χ0v) is 17.8. The smallest absolute Gasteiger partial charge is 0.357 e. The minimum Gasteiger partial charge on any atom is -0.357 e. The molecule has 0 aliphatic carbocycles. The molecule has 0 amide bonds. The maximum atomic E-state index is 12.7. The van der Waals surface area contributed by atoms with Gasteiger partial charge in [-0.3, -0.25) is 4.99 Å². The van der Waals surface area contributed by atoms with Gasteiger partial charge < -0.3 is 20.9 Å². The zero-order chi connectivity index (χ0) is 21.7. The molecule has 0 aliphatic rings. The number of nitrogens with one attached hydrogen (secondary N) is 3. The molecule has 1 aromatic rings. The Labute approximate surface area is 171 Å². The number of rotatable bonds is 12. The molecule has 3 N–H and O–H groups in total. The van der Waals surface area contributed by atoms with Crippen molar-refractivity contribution < 1.29 is 13.2 Å². The number of nitrogens with zero attached hydrogens (tertiary/aromatic N) is 4. The summed E-state index contributed by atoms with van der Waals surface area (Å²) in [4.78, 5) is 14.1. The number of aliphatic imine (C=N–C) groups is 1. The number of aromatic nitrogens is 2. The number of anilines is 1. The third kappa shape index (κ3) is 10.3. The Kier molecular flexibility index (Phi) is 11.3. The van der Waals surface area contributed by atoms with Crippen LogP contribution in [0.15, 0.2) is 17.3 Å². The molecule has 1 rings (SSSR count). The normalized spacial score (nSPS) is 13.4. The van der Waals surface area contributed by atoms with Gasteiger partial charge in [0.2, 0.25) is 5.95 Å². The lowest BCUT2D eigenvalue weighted by molar-refractivity contribution is -0.141. The van der Waals surface area contributed by atoms with Crippen molar-refractivity contribution in [3.63, 3.8) is 0 Å². The summed E-state index contributed by atoms with van der Waals surface area (Å²) in [5.41, 5.74) is -0.966. The minimum absolute atomic E-state index is 0.0576. The fraction of sp³-hybridized carbons (Fsp3) is 0.737. The van der Waals surface area contributed by atoms with Gasteiger partial charge in [-0.15, -0.1) is 0 Å². The van der Waals surface area contributed by atoms with Crippen molar-refractivity contribution in [1.29, 1.82) is 0 Å². The maximum absolute atomic E-state index is 12.7. The zero-order valence-electron chi connectivity index (χ0n) is 17.8. The third-order valence-electron chi connectivity index (χ3n) is 4.34. The number of alkyl halides is 3. The second kappa shape index (κ2) is 13.2. The fourth-order valence-electron chi connectivity index (χ4n) is 2.72. The van der Waals surface area contributed by atoms with Crippen LogP contribution in [0.3, 0.4) is 0 Å². The van der Waals surface area contributed by atoms with Gasteiger partial charge in [-0.05, 0) is 52.4 Å². The van der Waals surface area contributed by atoms with Crippen LogP contribution >= 0.6 is 0 Å². The maximum Gasteiger partial charge on any atom is 0.433 e. The molecule has 29 heavy (non-hydrogen) atoms. The van der Waals surface area contributed by atoms with E-state index < -0.39 is 11.9 Å². The fourth-order valence-corrected chi connectivity index (χ4v) is 2.72. The molecule has 0 fully saturated rings. The van der Waals surface area contributed by atoms with E-state index in [1.807, 2.05) is 6.92 Å². The predicted molar refractivity (Wildman–Crippen MR) is 111 cm³/mol. The summed E-state index contributed by atoms with van der Waals surface area (Å²) in [6.45, 7) is 13.1. The first-order valence-corrected chi connectivity index (χ1v) is 10.2. The van der Waals surface area contributed by atoms with E-state index in [0.29, 0.717) is 19.0 Å². The van der Waals surface area contributed by atoms with Gasteiger partial charge in [0, 0.05) is 25.3 Å². The van der Waals surface area contributed by atoms with E-state index in [0.717, 1.165) is 51.3 Å². The predicted octanol–water partition coefficient (Wildman–Crippen LogP) is 2.97. The number of hydrogen-bond donors (Lipinski definition) is 3. The van der Waals surface area contributed by atoms with E-state index in [9.17, 15) is 13.2 Å². The van der Waals surface area contributed by atoms with Crippen LogP contribution in [0.5, 0.6) is 0 Å². The number of hydrogen-bond acceptors (Lipinski definition) is 5. The van der Waals surface area contributed by atoms with E-state index in [1.165, 1.54) is 0 Å². The van der Waals surface area contributed by atoms with E-state index in [1.54, 1.807) is 0 Å². The first-order chi connectivity index (χ1) is 13.8. The molecule has 0 saturated heterocycles. The van der Waals surface area contributed by atoms with Crippen molar-refractivity contribution in [3.05, 3.63) is 18.0 Å². The summed E-state index contributed by atoms with van der Waals surface area (Å²) < 4.78 is 38.0. The van der Waals surface area contributed by atoms with Crippen LogP contribution in [0.25, 0.3) is 0 Å². The lowest BCUT2D eigenvalue weighted by Crippen LogP contribution is -2.42. The third-order valence-corrected chi connectivity index (χ3v) is 4.34. The van der Waals surface area contributed by atoms with Crippen molar-refractivity contribution in [2.45, 2.75) is 52.8 Å². The number of guanidine groups is 1. The summed E-state index contributed by atoms with van der Waals surface area (Å²) >= 11 is 0. The van der Waals surface area contributed by atoms with Crippen molar-refractivity contribution in [2.75, 3.05) is 44.6 Å². The molecule has 1 unspecified atom stereocenters. The molecule has 0 radical (unpaired) electrons. The van der Waals surface area contributed by atoms with Crippen LogP contribution in [0, 0.1) is 0 Å². The molecule has 10 heteroatoms. The van der Waals surface area contributed by atoms with E-state index in [-0.39, 0.29) is 12.0 Å². The average molecular weight is 418 g/mol. The van der Waals surface area contributed by atoms with Crippen LogP contribution in [0.4, 0.5) is 19.1 Å². The molecule has 7 nitrogen and oxygen atoms in total. The average Bonchev–Trinajstić information content (AvgIpc) is 2.68. The molecule has 1 heterocycles. The molecule has 1 atom stereocenters. The van der Waals surface area contributed by atoms with Gasteiger partial charge in [0.05, 0.1) is 6.54 Å². The highest BCUT2D eigenvalue weighted by Gasteiger charge is 2.32. The largest absolute Gasteiger partial charge is 0.433 e. The Morgan fingerprint density at radius 3 is 2.59 bits per heavy atom. The van der Waals surface area contributed by atoms with Crippen LogP contribution in [0.1, 0.15) is 46.2 Å². The van der Waals surface area contributed by atoms with Crippen molar-refractivity contribution in [2.24, 2.45) is 4.99 Å². The molecule has 0 spiro atoms. The van der Waals surface area contributed by atoms with E-state index >= 15 is 0 Å². The van der Waals surface area contributed by atoms with Gasteiger partial charge >= 0.3 is 6.18 Å². The highest BCUT2D eigenvalue weighted by molar-refractivity contribution is 5.80. The van der Waals surface area contributed by atoms with Crippen molar-refractivity contribution >= 4 is 11.9 Å². The second-order valence-corrected chi connectivity index (χ2v) is 6.67. The SMILES string of the molecule is CCNC(=NCCNc1nccc(C(F)(F)F)n1)NC(C)CCCN(CC)CC. The molecule has 0 aromatic carbocycles. The molecule has 0 aliphatic heterocycles. The Morgan fingerprint density at radius 2 is 1.97 bits per heavy atom. The van der Waals surface area contributed by atoms with Crippen LogP contribution in [-0.4, -0.2) is 66.1 Å². The molecule has 1 aromatic heterocycles. The molecule has 0 saturated carbocycles. The Balaban J connectivity index is 2.45. The molecule has 0 bridgehead atoms. The monoisotopic (exact) mass is 417 g/mol. The quantitative estimate of drug-likeness (QED) is 0.276. The Bertz CT molecular complexity index is 604. The first-order valence-electron chi connectivity index (χ1n) is 10.2. The van der Waals surface area contributed by atoms with Crippen LogP contribution in [0.2, 0.25) is 0 Å². The first kappa shape index (κ1) is 24.9.